The Balaban J connectivity index is 0.00000523. The van der Waals surface area contributed by atoms with Crippen molar-refractivity contribution in [1.29, 1.82) is 0 Å². The number of rotatable bonds is 9. The molecular weight excluding hydrogens is 751 g/mol. The van der Waals surface area contributed by atoms with Crippen molar-refractivity contribution in [3.8, 4) is 0 Å². The quantitative estimate of drug-likeness (QED) is 0.356. The largest absolute Gasteiger partial charge is 0.466 e. The summed E-state index contributed by atoms with van der Waals surface area (Å²) in [6, 6.07) is 14.5. The van der Waals surface area contributed by atoms with Crippen molar-refractivity contribution in [3.63, 3.8) is 0 Å². The second kappa shape index (κ2) is 17.2. The van der Waals surface area contributed by atoms with Gasteiger partial charge in [-0.25, -0.2) is 9.59 Å². The smallest absolute Gasteiger partial charge is 0.336 e. The highest BCUT2D eigenvalue weighted by Crippen LogP contribution is 2.46. The number of piperidine rings is 1. The number of dihydropyridines is 1. The topological polar surface area (TPSA) is 126 Å². The molecule has 2 unspecified atom stereocenters. The van der Waals surface area contributed by atoms with E-state index >= 15 is 0 Å². The fourth-order valence-corrected chi connectivity index (χ4v) is 9.92. The van der Waals surface area contributed by atoms with Gasteiger partial charge in [-0.2, -0.15) is 0 Å². The highest BCUT2D eigenvalue weighted by Gasteiger charge is 2.45. The van der Waals surface area contributed by atoms with E-state index < -0.39 is 28.7 Å². The van der Waals surface area contributed by atoms with Gasteiger partial charge in [0.2, 0.25) is 11.8 Å². The van der Waals surface area contributed by atoms with Crippen LogP contribution in [0.3, 0.4) is 0 Å². The first-order valence-corrected chi connectivity index (χ1v) is 19.2. The molecule has 3 saturated heterocycles. The second-order valence-electron chi connectivity index (χ2n) is 13.3. The number of esters is 2. The maximum absolute atomic E-state index is 14.1. The Hall–Kier alpha value is -3.42. The maximum atomic E-state index is 14.1. The number of hydrogen-bond donors (Lipinski definition) is 1. The summed E-state index contributed by atoms with van der Waals surface area (Å²) >= 11 is 13.4. The second-order valence-corrected chi connectivity index (χ2v) is 15.6. The van der Waals surface area contributed by atoms with Crippen molar-refractivity contribution in [3.05, 3.63) is 86.7 Å². The fourth-order valence-electron chi connectivity index (χ4n) is 8.19. The molecule has 2 aromatic rings. The summed E-state index contributed by atoms with van der Waals surface area (Å²) in [4.78, 5) is 60.4. The molecular formula is C37H43Cl3N4O7S. The van der Waals surface area contributed by atoms with E-state index in [2.05, 4.69) is 15.1 Å². The number of fused-ring (bicyclic) bond motifs is 2. The molecule has 0 aromatic heterocycles. The van der Waals surface area contributed by atoms with Crippen molar-refractivity contribution in [1.82, 2.24) is 20.0 Å². The number of amides is 2. The molecule has 11 nitrogen and oxygen atoms in total. The van der Waals surface area contributed by atoms with Gasteiger partial charge in [0.15, 0.2) is 0 Å². The zero-order chi connectivity index (χ0) is 36.4. The van der Waals surface area contributed by atoms with Gasteiger partial charge in [-0.15, -0.1) is 12.4 Å². The lowest BCUT2D eigenvalue weighted by Crippen LogP contribution is -2.57. The van der Waals surface area contributed by atoms with Gasteiger partial charge >= 0.3 is 11.9 Å². The fraction of sp³-hybridized carbons (Fsp3) is 0.459. The van der Waals surface area contributed by atoms with E-state index in [9.17, 15) is 23.4 Å². The summed E-state index contributed by atoms with van der Waals surface area (Å²) in [5.41, 5.74) is 0.663. The van der Waals surface area contributed by atoms with E-state index in [1.807, 2.05) is 6.07 Å². The molecule has 4 aliphatic rings. The lowest BCUT2D eigenvalue weighted by molar-refractivity contribution is -0.137. The minimum absolute atomic E-state index is 0. The van der Waals surface area contributed by atoms with Crippen LogP contribution in [0.1, 0.15) is 50.5 Å². The van der Waals surface area contributed by atoms with Crippen LogP contribution in [0.15, 0.2) is 76.0 Å². The Morgan fingerprint density at radius 3 is 1.90 bits per heavy atom. The van der Waals surface area contributed by atoms with E-state index in [0.717, 1.165) is 25.7 Å². The van der Waals surface area contributed by atoms with Gasteiger partial charge in [-0.3, -0.25) is 18.7 Å². The Labute approximate surface area is 322 Å². The van der Waals surface area contributed by atoms with Gasteiger partial charge in [-0.1, -0.05) is 47.5 Å². The predicted molar refractivity (Wildman–Crippen MR) is 201 cm³/mol. The van der Waals surface area contributed by atoms with Crippen LogP contribution in [-0.2, 0) is 39.5 Å². The number of carbonyl (C=O) groups is 4. The number of benzene rings is 2. The molecule has 280 valence electrons. The van der Waals surface area contributed by atoms with E-state index in [1.54, 1.807) is 54.3 Å². The molecule has 3 fully saturated rings. The first-order valence-electron chi connectivity index (χ1n) is 17.1. The van der Waals surface area contributed by atoms with E-state index in [4.69, 9.17) is 32.7 Å². The van der Waals surface area contributed by atoms with E-state index in [1.165, 1.54) is 14.2 Å². The number of nitrogens with zero attached hydrogens (tertiary/aromatic N) is 3. The SMILES string of the molecule is COC(=O)C1=C(CC(=O)N2CCN(C3CC4CCC(C3)N4C(C)=O)CC2)NC(C[S@](=O)c2ccccc2)=C(C(=O)OC)[C@H]1c1c(Cl)cccc1Cl.Cl. The lowest BCUT2D eigenvalue weighted by atomic mass is 9.79. The highest BCUT2D eigenvalue weighted by atomic mass is 35.5. The Kier molecular flexibility index (Phi) is 13.1. The van der Waals surface area contributed by atoms with Crippen LogP contribution in [0, 0.1) is 0 Å². The summed E-state index contributed by atoms with van der Waals surface area (Å²) in [7, 11) is 0.803. The van der Waals surface area contributed by atoms with Crippen LogP contribution in [-0.4, -0.2) is 107 Å². The van der Waals surface area contributed by atoms with Gasteiger partial charge in [0.1, 0.15) is 0 Å². The van der Waals surface area contributed by atoms with Crippen LogP contribution in [0.4, 0.5) is 0 Å². The van der Waals surface area contributed by atoms with Gasteiger partial charge < -0.3 is 24.6 Å². The van der Waals surface area contributed by atoms with Crippen LogP contribution >= 0.6 is 35.6 Å². The molecule has 4 atom stereocenters. The maximum Gasteiger partial charge on any atom is 0.336 e. The standard InChI is InChI=1S/C37H42Cl2N4O7S.ClH/c1-22(44)43-23-12-13-24(43)19-25(18-23)41-14-16-42(17-15-41)31(45)20-29-33(36(46)49-2)35(32-27(38)10-7-11-28(32)39)34(37(47)50-3)30(40-29)21-51(48)26-8-5-4-6-9-26;/h4-11,23-25,35,40H,12-21H2,1-3H3;1H/t23?,24?,25?,35-,51-;/m0./s1. The van der Waals surface area contributed by atoms with Crippen LogP contribution < -0.4 is 5.32 Å². The zero-order valence-corrected chi connectivity index (χ0v) is 32.4. The van der Waals surface area contributed by atoms with Gasteiger partial charge in [0, 0.05) is 83.1 Å². The number of piperazine rings is 1. The van der Waals surface area contributed by atoms with Crippen LogP contribution in [0.25, 0.3) is 0 Å². The van der Waals surface area contributed by atoms with Crippen LogP contribution in [0.5, 0.6) is 0 Å². The van der Waals surface area contributed by atoms with Gasteiger partial charge in [-0.05, 0) is 49.9 Å². The molecule has 0 spiro atoms. The van der Waals surface area contributed by atoms with E-state index in [0.29, 0.717) is 37.1 Å². The lowest BCUT2D eigenvalue weighted by Gasteiger charge is -2.45. The number of carbonyl (C=O) groups excluding carboxylic acids is 4. The minimum atomic E-state index is -1.63. The van der Waals surface area contributed by atoms with Crippen molar-refractivity contribution in [2.24, 2.45) is 0 Å². The normalized spacial score (nSPS) is 23.8. The summed E-state index contributed by atoms with van der Waals surface area (Å²) in [6.45, 7) is 4.03. The molecule has 15 heteroatoms. The molecule has 4 heterocycles. The molecule has 0 radical (unpaired) electrons. The predicted octanol–water partition coefficient (Wildman–Crippen LogP) is 4.84. The average Bonchev–Trinajstić information content (AvgIpc) is 3.41. The molecule has 1 N–H and O–H groups in total. The summed E-state index contributed by atoms with van der Waals surface area (Å²) in [6.07, 6.45) is 3.74. The summed E-state index contributed by atoms with van der Waals surface area (Å²) in [5.74, 6) is -2.98. The molecule has 2 amide bonds. The number of ether oxygens (including phenoxy) is 2. The van der Waals surface area contributed by atoms with Crippen molar-refractivity contribution >= 4 is 70.2 Å². The molecule has 2 bridgehead atoms. The molecule has 4 aliphatic heterocycles. The molecule has 0 saturated carbocycles. The Bertz CT molecular complexity index is 1760. The monoisotopic (exact) mass is 792 g/mol. The van der Waals surface area contributed by atoms with Gasteiger partial charge in [0.05, 0.1) is 54.3 Å². The average molecular weight is 794 g/mol. The van der Waals surface area contributed by atoms with Crippen molar-refractivity contribution < 1.29 is 32.9 Å². The number of nitrogens with one attached hydrogen (secondary N) is 1. The molecule has 52 heavy (non-hydrogen) atoms. The number of methoxy groups -OCH3 is 2. The summed E-state index contributed by atoms with van der Waals surface area (Å²) in [5, 5.41) is 3.54. The Morgan fingerprint density at radius 1 is 0.808 bits per heavy atom. The van der Waals surface area contributed by atoms with Crippen LogP contribution in [0.2, 0.25) is 10.0 Å². The first-order chi connectivity index (χ1) is 24.5. The van der Waals surface area contributed by atoms with E-state index in [-0.39, 0.29) is 86.6 Å². The molecule has 6 rings (SSSR count). The third-order valence-corrected chi connectivity index (χ3v) is 12.5. The van der Waals surface area contributed by atoms with Crippen molar-refractivity contribution in [2.75, 3.05) is 46.2 Å². The Morgan fingerprint density at radius 2 is 1.37 bits per heavy atom. The first kappa shape index (κ1) is 39.8. The number of halogens is 3. The summed E-state index contributed by atoms with van der Waals surface area (Å²) < 4.78 is 24.1. The van der Waals surface area contributed by atoms with Gasteiger partial charge in [0.25, 0.3) is 0 Å². The van der Waals surface area contributed by atoms with Crippen molar-refractivity contribution in [2.45, 2.75) is 68.0 Å². The number of hydrogen-bond acceptors (Lipinski definition) is 9. The minimum Gasteiger partial charge on any atom is -0.466 e. The molecule has 0 aliphatic carbocycles. The third-order valence-electron chi connectivity index (χ3n) is 10.5. The third kappa shape index (κ3) is 8.06. The zero-order valence-electron chi connectivity index (χ0n) is 29.3. The highest BCUT2D eigenvalue weighted by molar-refractivity contribution is 7.85. The molecule has 2 aromatic carbocycles.